The number of unbranched alkanes of at least 4 members (excludes halogenated alkanes) is 2. The molecule has 1 fully saturated rings. The van der Waals surface area contributed by atoms with E-state index in [2.05, 4.69) is 70.5 Å². The highest BCUT2D eigenvalue weighted by Crippen LogP contribution is 2.44. The molecule has 7 heteroatoms. The molecule has 0 saturated carbocycles. The molecule has 0 amide bonds. The molecular formula is C27H37N3O3S. The molecule has 6 nitrogen and oxygen atoms in total. The molecule has 4 rings (SSSR count). The number of fused-ring (bicyclic) bond motifs is 1. The number of benzene rings is 2. The Labute approximate surface area is 207 Å². The molecule has 0 aliphatic carbocycles. The number of para-hydroxylation sites is 1. The fraction of sp³-hybridized carbons (Fsp3) is 0.444. The van der Waals surface area contributed by atoms with Gasteiger partial charge in [0.1, 0.15) is 5.75 Å². The van der Waals surface area contributed by atoms with E-state index in [-0.39, 0.29) is 6.47 Å². The van der Waals surface area contributed by atoms with Crippen LogP contribution in [0, 0.1) is 0 Å². The van der Waals surface area contributed by atoms with Crippen molar-refractivity contribution < 1.29 is 14.6 Å². The lowest BCUT2D eigenvalue weighted by molar-refractivity contribution is -0.122. The molecule has 1 aromatic heterocycles. The molecule has 2 N–H and O–H groups in total. The van der Waals surface area contributed by atoms with Gasteiger partial charge < -0.3 is 19.7 Å². The molecule has 2 aromatic carbocycles. The first-order chi connectivity index (χ1) is 16.7. The topological polar surface area (TPSA) is 68.8 Å². The highest BCUT2D eigenvalue weighted by atomic mass is 32.2. The Balaban J connectivity index is 0.00000103. The number of anilines is 1. The average molecular weight is 484 g/mol. The second-order valence-electron chi connectivity index (χ2n) is 8.43. The van der Waals surface area contributed by atoms with Crippen molar-refractivity contribution in [3.05, 3.63) is 48.7 Å². The Kier molecular flexibility index (Phi) is 10.6. The number of nitrogens with zero attached hydrogens (tertiary/aromatic N) is 2. The van der Waals surface area contributed by atoms with E-state index >= 15 is 0 Å². The second-order valence-corrected chi connectivity index (χ2v) is 9.57. The summed E-state index contributed by atoms with van der Waals surface area (Å²) in [5.74, 6) is 1.92. The lowest BCUT2D eigenvalue weighted by Gasteiger charge is -2.28. The van der Waals surface area contributed by atoms with E-state index in [4.69, 9.17) is 14.6 Å². The molecule has 1 aliphatic heterocycles. The number of hydrogen-bond acceptors (Lipinski definition) is 5. The van der Waals surface area contributed by atoms with Gasteiger partial charge in [-0.3, -0.25) is 4.79 Å². The third kappa shape index (κ3) is 6.93. The van der Waals surface area contributed by atoms with Gasteiger partial charge in [-0.25, -0.2) is 4.31 Å². The van der Waals surface area contributed by atoms with Gasteiger partial charge >= 0.3 is 0 Å². The second kappa shape index (κ2) is 13.9. The number of nitrogens with one attached hydrogen (secondary N) is 1. The number of rotatable bonds is 11. The Morgan fingerprint density at radius 3 is 2.41 bits per heavy atom. The molecular weight excluding hydrogens is 446 g/mol. The van der Waals surface area contributed by atoms with E-state index in [0.717, 1.165) is 48.6 Å². The molecule has 0 unspecified atom stereocenters. The van der Waals surface area contributed by atoms with Gasteiger partial charge in [0.05, 0.1) is 10.6 Å². The van der Waals surface area contributed by atoms with Crippen molar-refractivity contribution in [2.45, 2.75) is 57.3 Å². The lowest BCUT2D eigenvalue weighted by atomic mass is 10.2. The van der Waals surface area contributed by atoms with E-state index in [0.29, 0.717) is 0 Å². The van der Waals surface area contributed by atoms with Crippen molar-refractivity contribution in [1.82, 2.24) is 9.29 Å². The van der Waals surface area contributed by atoms with Crippen molar-refractivity contribution in [1.29, 1.82) is 0 Å². The summed E-state index contributed by atoms with van der Waals surface area (Å²) >= 11 is 1.86. The van der Waals surface area contributed by atoms with E-state index in [1.807, 2.05) is 18.1 Å². The fourth-order valence-electron chi connectivity index (χ4n) is 4.15. The van der Waals surface area contributed by atoms with Gasteiger partial charge in [-0.2, -0.15) is 0 Å². The van der Waals surface area contributed by atoms with Gasteiger partial charge in [0.2, 0.25) is 0 Å². The Bertz CT molecular complexity index is 1010. The highest BCUT2D eigenvalue weighted by molar-refractivity contribution is 7.97. The van der Waals surface area contributed by atoms with Crippen LogP contribution in [0.2, 0.25) is 0 Å². The number of ether oxygens (including phenoxy) is 1. The van der Waals surface area contributed by atoms with Gasteiger partial charge in [0.25, 0.3) is 6.47 Å². The largest absolute Gasteiger partial charge is 0.483 e. The van der Waals surface area contributed by atoms with Crippen LogP contribution in [-0.2, 0) is 4.79 Å². The van der Waals surface area contributed by atoms with Gasteiger partial charge in [-0.05, 0) is 68.0 Å². The first kappa shape index (κ1) is 26.0. The summed E-state index contributed by atoms with van der Waals surface area (Å²) in [5.41, 5.74) is 2.33. The van der Waals surface area contributed by atoms with Crippen molar-refractivity contribution in [2.75, 3.05) is 31.1 Å². The summed E-state index contributed by atoms with van der Waals surface area (Å²) < 4.78 is 9.23. The summed E-state index contributed by atoms with van der Waals surface area (Å²) in [4.78, 5) is 15.4. The minimum atomic E-state index is -0.250. The van der Waals surface area contributed by atoms with E-state index in [1.54, 1.807) is 0 Å². The number of aromatic amines is 1. The summed E-state index contributed by atoms with van der Waals surface area (Å²) in [5, 5.41) is 8.02. The monoisotopic (exact) mass is 483 g/mol. The van der Waals surface area contributed by atoms with Crippen molar-refractivity contribution >= 4 is 35.0 Å². The minimum absolute atomic E-state index is 0.250. The SMILES string of the molecule is CCCCN(CCCC)c1cccc(SN2CCCC2)c1Oc1cccc2[nH]ccc12.O=CO. The molecule has 0 radical (unpaired) electrons. The van der Waals surface area contributed by atoms with E-state index in [9.17, 15) is 0 Å². The van der Waals surface area contributed by atoms with Crippen molar-refractivity contribution in [2.24, 2.45) is 0 Å². The van der Waals surface area contributed by atoms with Crippen LogP contribution in [0.3, 0.4) is 0 Å². The summed E-state index contributed by atoms with van der Waals surface area (Å²) in [6, 6.07) is 15.0. The van der Waals surface area contributed by atoms with Crippen LogP contribution in [0.25, 0.3) is 10.9 Å². The zero-order chi connectivity index (χ0) is 24.2. The maximum atomic E-state index is 8.36. The maximum absolute atomic E-state index is 8.36. The summed E-state index contributed by atoms with van der Waals surface area (Å²) in [6.45, 7) is 8.72. The number of carboxylic acid groups (broad SMARTS) is 1. The molecule has 184 valence electrons. The van der Waals surface area contributed by atoms with Crippen molar-refractivity contribution in [3.63, 3.8) is 0 Å². The van der Waals surface area contributed by atoms with E-state index < -0.39 is 0 Å². The van der Waals surface area contributed by atoms with Crippen molar-refractivity contribution in [3.8, 4) is 11.5 Å². The molecule has 3 aromatic rings. The minimum Gasteiger partial charge on any atom is -0.483 e. The van der Waals surface area contributed by atoms with Crippen LogP contribution in [0.15, 0.2) is 53.6 Å². The smallest absolute Gasteiger partial charge is 0.290 e. The molecule has 0 spiro atoms. The molecule has 0 atom stereocenters. The van der Waals surface area contributed by atoms with Crippen LogP contribution in [0.5, 0.6) is 11.5 Å². The van der Waals surface area contributed by atoms with Crippen LogP contribution in [-0.4, -0.2) is 47.0 Å². The predicted molar refractivity (Wildman–Crippen MR) is 142 cm³/mol. The van der Waals surface area contributed by atoms with Crippen LogP contribution in [0.4, 0.5) is 5.69 Å². The van der Waals surface area contributed by atoms with Gasteiger partial charge in [-0.1, -0.05) is 38.8 Å². The molecule has 2 heterocycles. The zero-order valence-electron chi connectivity index (χ0n) is 20.3. The summed E-state index contributed by atoms with van der Waals surface area (Å²) in [6.07, 6.45) is 9.33. The Hall–Kier alpha value is -2.64. The van der Waals surface area contributed by atoms with Gasteiger partial charge in [0, 0.05) is 43.3 Å². The van der Waals surface area contributed by atoms with Crippen LogP contribution in [0.1, 0.15) is 52.4 Å². The Morgan fingerprint density at radius 2 is 1.74 bits per heavy atom. The highest BCUT2D eigenvalue weighted by Gasteiger charge is 2.21. The molecule has 34 heavy (non-hydrogen) atoms. The maximum Gasteiger partial charge on any atom is 0.290 e. The number of carbonyl (C=O) groups is 1. The standard InChI is InChI=1S/C26H35N3OS.CH2O2/c1-3-5-17-28(18-6-4-2)23-12-10-14-25(31-29-19-7-8-20-29)26(23)30-24-13-9-11-22-21(24)15-16-27-22;2-1-3/h9-16,27H,3-8,17-20H2,1-2H3;1H,(H,2,3). The van der Waals surface area contributed by atoms with Crippen LogP contribution >= 0.6 is 11.9 Å². The van der Waals surface area contributed by atoms with E-state index in [1.165, 1.54) is 49.1 Å². The third-order valence-electron chi connectivity index (χ3n) is 5.92. The molecule has 1 aliphatic rings. The quantitative estimate of drug-likeness (QED) is 0.223. The fourth-order valence-corrected chi connectivity index (χ4v) is 5.24. The predicted octanol–water partition coefficient (Wildman–Crippen LogP) is 7.17. The zero-order valence-corrected chi connectivity index (χ0v) is 21.2. The van der Waals surface area contributed by atoms with Gasteiger partial charge in [-0.15, -0.1) is 0 Å². The normalized spacial score (nSPS) is 13.5. The first-order valence-electron chi connectivity index (χ1n) is 12.3. The summed E-state index contributed by atoms with van der Waals surface area (Å²) in [7, 11) is 0. The number of H-pyrrole nitrogens is 1. The number of aromatic nitrogens is 1. The third-order valence-corrected chi connectivity index (χ3v) is 7.06. The lowest BCUT2D eigenvalue weighted by Crippen LogP contribution is -2.26. The number of hydrogen-bond donors (Lipinski definition) is 2. The first-order valence-corrected chi connectivity index (χ1v) is 13.1. The molecule has 1 saturated heterocycles. The Morgan fingerprint density at radius 1 is 1.06 bits per heavy atom. The average Bonchev–Trinajstić information content (AvgIpc) is 3.54. The van der Waals surface area contributed by atoms with Crippen LogP contribution < -0.4 is 9.64 Å². The van der Waals surface area contributed by atoms with Gasteiger partial charge in [0.15, 0.2) is 5.75 Å². The molecule has 0 bridgehead atoms.